The van der Waals surface area contributed by atoms with Crippen molar-refractivity contribution in [2.75, 3.05) is 5.32 Å². The summed E-state index contributed by atoms with van der Waals surface area (Å²) in [5, 5.41) is 12.0. The zero-order chi connectivity index (χ0) is 20.5. The Morgan fingerprint density at radius 1 is 1.21 bits per heavy atom. The molecule has 0 bridgehead atoms. The van der Waals surface area contributed by atoms with Gasteiger partial charge in [0.2, 0.25) is 17.6 Å². The Balaban J connectivity index is 1.59. The normalized spacial score (nSPS) is 14.7. The minimum absolute atomic E-state index is 0.0197. The number of anilines is 2. The average Bonchev–Trinajstić information content (AvgIpc) is 3.00. The fourth-order valence-corrected chi connectivity index (χ4v) is 3.21. The highest BCUT2D eigenvalue weighted by atomic mass is 16.5. The predicted octanol–water partition coefficient (Wildman–Crippen LogP) is 4.46. The van der Waals surface area contributed by atoms with Crippen molar-refractivity contribution in [3.63, 3.8) is 0 Å². The highest BCUT2D eigenvalue weighted by molar-refractivity contribution is 6.05. The highest BCUT2D eigenvalue weighted by Gasteiger charge is 2.32. The second kappa shape index (κ2) is 7.24. The van der Waals surface area contributed by atoms with Gasteiger partial charge < -0.3 is 14.8 Å². The standard InChI is InChI=1S/C22H18N4O3/c1-12-10-17-19(27)14(3)28-21(17)13(2)20(12)29-18-8-9-24-22(26-18)25-16-6-4-15(11-23)5-7-16/h4-10,14H,1-3H3,(H,24,25,26). The summed E-state index contributed by atoms with van der Waals surface area (Å²) in [6.45, 7) is 5.49. The zero-order valence-corrected chi connectivity index (χ0v) is 16.2. The highest BCUT2D eigenvalue weighted by Crippen LogP contribution is 2.41. The molecule has 1 N–H and O–H groups in total. The molecule has 0 amide bonds. The van der Waals surface area contributed by atoms with Gasteiger partial charge in [0.25, 0.3) is 0 Å². The second-order valence-electron chi connectivity index (χ2n) is 6.78. The lowest BCUT2D eigenvalue weighted by Gasteiger charge is -2.14. The third kappa shape index (κ3) is 3.48. The average molecular weight is 386 g/mol. The van der Waals surface area contributed by atoms with Gasteiger partial charge in [0, 0.05) is 23.5 Å². The molecule has 7 heteroatoms. The Hall–Kier alpha value is -3.92. The number of rotatable bonds is 4. The molecular weight excluding hydrogens is 368 g/mol. The van der Waals surface area contributed by atoms with E-state index in [2.05, 4.69) is 21.4 Å². The summed E-state index contributed by atoms with van der Waals surface area (Å²) >= 11 is 0. The largest absolute Gasteiger partial charge is 0.481 e. The molecule has 3 aromatic rings. The summed E-state index contributed by atoms with van der Waals surface area (Å²) in [5.74, 6) is 1.87. The molecule has 0 fully saturated rings. The number of benzene rings is 2. The van der Waals surface area contributed by atoms with Crippen LogP contribution in [-0.4, -0.2) is 21.9 Å². The van der Waals surface area contributed by atoms with Crippen molar-refractivity contribution < 1.29 is 14.3 Å². The fourth-order valence-electron chi connectivity index (χ4n) is 3.21. The lowest BCUT2D eigenvalue weighted by Crippen LogP contribution is -2.14. The molecule has 2 aromatic carbocycles. The van der Waals surface area contributed by atoms with Crippen molar-refractivity contribution >= 4 is 17.4 Å². The van der Waals surface area contributed by atoms with Crippen LogP contribution in [0.4, 0.5) is 11.6 Å². The van der Waals surface area contributed by atoms with E-state index in [1.165, 1.54) is 0 Å². The third-order valence-corrected chi connectivity index (χ3v) is 4.68. The quantitative estimate of drug-likeness (QED) is 0.707. The summed E-state index contributed by atoms with van der Waals surface area (Å²) in [5.41, 5.74) is 3.51. The lowest BCUT2D eigenvalue weighted by molar-refractivity contribution is 0.0878. The van der Waals surface area contributed by atoms with E-state index in [0.29, 0.717) is 34.5 Å². The summed E-state index contributed by atoms with van der Waals surface area (Å²) in [6, 6.07) is 12.5. The second-order valence-corrected chi connectivity index (χ2v) is 6.78. The van der Waals surface area contributed by atoms with Crippen LogP contribution < -0.4 is 14.8 Å². The monoisotopic (exact) mass is 386 g/mol. The van der Waals surface area contributed by atoms with Crippen molar-refractivity contribution in [3.05, 3.63) is 64.8 Å². The van der Waals surface area contributed by atoms with Crippen LogP contribution in [0.3, 0.4) is 0 Å². The number of aryl methyl sites for hydroxylation is 1. The first kappa shape index (κ1) is 18.4. The van der Waals surface area contributed by atoms with E-state index in [1.807, 2.05) is 13.8 Å². The molecule has 1 aliphatic rings. The number of carbonyl (C=O) groups excluding carboxylic acids is 1. The van der Waals surface area contributed by atoms with E-state index in [9.17, 15) is 4.79 Å². The topological polar surface area (TPSA) is 97.1 Å². The van der Waals surface area contributed by atoms with Gasteiger partial charge in [0.05, 0.1) is 17.2 Å². The Morgan fingerprint density at radius 2 is 1.97 bits per heavy atom. The van der Waals surface area contributed by atoms with E-state index in [4.69, 9.17) is 14.7 Å². The minimum Gasteiger partial charge on any atom is -0.481 e. The van der Waals surface area contributed by atoms with E-state index >= 15 is 0 Å². The number of carbonyl (C=O) groups is 1. The maximum Gasteiger partial charge on any atom is 0.230 e. The SMILES string of the molecule is Cc1cc2c(c(C)c1Oc1ccnc(Nc3ccc(C#N)cc3)n1)OC(C)C2=O. The first-order valence-electron chi connectivity index (χ1n) is 9.09. The van der Waals surface area contributed by atoms with Gasteiger partial charge in [-0.1, -0.05) is 0 Å². The fraction of sp³-hybridized carbons (Fsp3) is 0.182. The van der Waals surface area contributed by atoms with Gasteiger partial charge in [-0.3, -0.25) is 4.79 Å². The first-order valence-corrected chi connectivity index (χ1v) is 9.09. The van der Waals surface area contributed by atoms with E-state index in [-0.39, 0.29) is 5.78 Å². The van der Waals surface area contributed by atoms with Crippen molar-refractivity contribution in [1.82, 2.24) is 9.97 Å². The summed E-state index contributed by atoms with van der Waals surface area (Å²) in [6.07, 6.45) is 1.11. The third-order valence-electron chi connectivity index (χ3n) is 4.68. The molecule has 0 spiro atoms. The first-order chi connectivity index (χ1) is 14.0. The van der Waals surface area contributed by atoms with Crippen LogP contribution >= 0.6 is 0 Å². The molecule has 0 saturated carbocycles. The van der Waals surface area contributed by atoms with Crippen LogP contribution in [0.5, 0.6) is 17.4 Å². The molecule has 7 nitrogen and oxygen atoms in total. The van der Waals surface area contributed by atoms with Gasteiger partial charge >= 0.3 is 0 Å². The van der Waals surface area contributed by atoms with Crippen LogP contribution in [0, 0.1) is 25.2 Å². The smallest absolute Gasteiger partial charge is 0.230 e. The van der Waals surface area contributed by atoms with Gasteiger partial charge in [-0.2, -0.15) is 10.2 Å². The van der Waals surface area contributed by atoms with Crippen molar-refractivity contribution in [2.24, 2.45) is 0 Å². The van der Waals surface area contributed by atoms with Crippen molar-refractivity contribution in [2.45, 2.75) is 26.9 Å². The number of ether oxygens (including phenoxy) is 2. The number of hydrogen-bond acceptors (Lipinski definition) is 7. The summed E-state index contributed by atoms with van der Waals surface area (Å²) in [7, 11) is 0. The van der Waals surface area contributed by atoms with Crippen LogP contribution in [0.15, 0.2) is 42.6 Å². The summed E-state index contributed by atoms with van der Waals surface area (Å²) in [4.78, 5) is 20.8. The number of fused-ring (bicyclic) bond motifs is 1. The number of Topliss-reactive ketones (excluding diaryl/α,β-unsaturated/α-hetero) is 1. The number of aromatic nitrogens is 2. The molecule has 0 radical (unpaired) electrons. The van der Waals surface area contributed by atoms with Gasteiger partial charge in [-0.05, 0) is 56.7 Å². The van der Waals surface area contributed by atoms with Crippen LogP contribution in [0.25, 0.3) is 0 Å². The maximum atomic E-state index is 12.2. The molecule has 1 aliphatic heterocycles. The van der Waals surface area contributed by atoms with Crippen LogP contribution in [0.2, 0.25) is 0 Å². The predicted molar refractivity (Wildman–Crippen MR) is 107 cm³/mol. The van der Waals surface area contributed by atoms with Gasteiger partial charge in [-0.25, -0.2) is 4.98 Å². The molecule has 0 saturated heterocycles. The van der Waals surface area contributed by atoms with Crippen molar-refractivity contribution in [3.8, 4) is 23.4 Å². The number of nitrogens with zero attached hydrogens (tertiary/aromatic N) is 3. The van der Waals surface area contributed by atoms with E-state index in [0.717, 1.165) is 16.8 Å². The number of hydrogen-bond donors (Lipinski definition) is 1. The Morgan fingerprint density at radius 3 is 2.69 bits per heavy atom. The molecule has 1 aromatic heterocycles. The number of nitriles is 1. The molecule has 29 heavy (non-hydrogen) atoms. The van der Waals surface area contributed by atoms with Gasteiger partial charge in [0.15, 0.2) is 6.10 Å². The molecule has 2 heterocycles. The van der Waals surface area contributed by atoms with Gasteiger partial charge in [0.1, 0.15) is 11.5 Å². The molecule has 1 unspecified atom stereocenters. The Bertz CT molecular complexity index is 1150. The van der Waals surface area contributed by atoms with Gasteiger partial charge in [-0.15, -0.1) is 0 Å². The van der Waals surface area contributed by atoms with Crippen molar-refractivity contribution in [1.29, 1.82) is 5.26 Å². The maximum absolute atomic E-state index is 12.2. The molecular formula is C22H18N4O3. The van der Waals surface area contributed by atoms with Crippen LogP contribution in [0.1, 0.15) is 34.0 Å². The molecule has 0 aliphatic carbocycles. The Kier molecular flexibility index (Phi) is 4.61. The molecule has 4 rings (SSSR count). The Labute approximate surface area is 167 Å². The number of ketones is 1. The minimum atomic E-state index is -0.486. The van der Waals surface area contributed by atoms with Crippen LogP contribution in [-0.2, 0) is 0 Å². The zero-order valence-electron chi connectivity index (χ0n) is 16.2. The van der Waals surface area contributed by atoms with E-state index < -0.39 is 6.10 Å². The molecule has 1 atom stereocenters. The number of nitrogens with one attached hydrogen (secondary N) is 1. The molecule has 144 valence electrons. The lowest BCUT2D eigenvalue weighted by atomic mass is 10.0. The summed E-state index contributed by atoms with van der Waals surface area (Å²) < 4.78 is 11.7. The van der Waals surface area contributed by atoms with E-state index in [1.54, 1.807) is 49.5 Å².